The molecule has 1 heterocycles. The highest BCUT2D eigenvalue weighted by Crippen LogP contribution is 2.07. The van der Waals surface area contributed by atoms with E-state index in [-0.39, 0.29) is 10.7 Å². The maximum atomic E-state index is 11.1. The lowest BCUT2D eigenvalue weighted by molar-refractivity contribution is -0.465. The molecule has 0 unspecified atom stereocenters. The van der Waals surface area contributed by atoms with E-state index in [4.69, 9.17) is 11.6 Å². The van der Waals surface area contributed by atoms with Crippen molar-refractivity contribution in [3.63, 3.8) is 0 Å². The van der Waals surface area contributed by atoms with Crippen LogP contribution in [0.2, 0.25) is 5.15 Å². The molecule has 0 fully saturated rings. The summed E-state index contributed by atoms with van der Waals surface area (Å²) in [6.45, 7) is -0.722. The number of rotatable bonds is 3. The van der Waals surface area contributed by atoms with Gasteiger partial charge in [0.15, 0.2) is 0 Å². The molecule has 1 aromatic rings. The van der Waals surface area contributed by atoms with Crippen LogP contribution < -0.4 is 0 Å². The standard InChI is InChI=1S/C7H5ClN2O3/c8-7-3-5(1-2-9-7)6(11)4-10(12)13/h1-3H,4H2. The monoisotopic (exact) mass is 200 g/mol. The van der Waals surface area contributed by atoms with Gasteiger partial charge in [0.2, 0.25) is 5.78 Å². The fourth-order valence-electron chi connectivity index (χ4n) is 0.784. The molecule has 0 bridgehead atoms. The predicted octanol–water partition coefficient (Wildman–Crippen LogP) is 1.19. The van der Waals surface area contributed by atoms with E-state index in [9.17, 15) is 14.9 Å². The molecule has 0 aliphatic carbocycles. The summed E-state index contributed by atoms with van der Waals surface area (Å²) in [5, 5.41) is 10.2. The van der Waals surface area contributed by atoms with Crippen LogP contribution in [0.15, 0.2) is 18.3 Å². The molecule has 6 heteroatoms. The Morgan fingerprint density at radius 2 is 2.38 bits per heavy atom. The maximum absolute atomic E-state index is 11.1. The Balaban J connectivity index is 2.83. The smallest absolute Gasteiger partial charge is 0.265 e. The number of carbonyl (C=O) groups is 1. The first-order valence-electron chi connectivity index (χ1n) is 3.36. The summed E-state index contributed by atoms with van der Waals surface area (Å²) >= 11 is 5.49. The number of pyridine rings is 1. The Labute approximate surface area is 78.5 Å². The van der Waals surface area contributed by atoms with Gasteiger partial charge in [-0.1, -0.05) is 11.6 Å². The van der Waals surface area contributed by atoms with Crippen molar-refractivity contribution < 1.29 is 9.72 Å². The van der Waals surface area contributed by atoms with Gasteiger partial charge in [-0.3, -0.25) is 14.9 Å². The Morgan fingerprint density at radius 1 is 1.69 bits per heavy atom. The van der Waals surface area contributed by atoms with Gasteiger partial charge in [0.05, 0.1) is 0 Å². The van der Waals surface area contributed by atoms with Gasteiger partial charge in [-0.25, -0.2) is 4.98 Å². The SMILES string of the molecule is O=C(C[N+](=O)[O-])c1ccnc(Cl)c1. The molecule has 0 aromatic carbocycles. The fraction of sp³-hybridized carbons (Fsp3) is 0.143. The van der Waals surface area contributed by atoms with Crippen molar-refractivity contribution in [2.45, 2.75) is 0 Å². The first-order valence-corrected chi connectivity index (χ1v) is 3.74. The molecule has 0 saturated heterocycles. The third kappa shape index (κ3) is 2.79. The zero-order chi connectivity index (χ0) is 9.84. The molecule has 1 aromatic heterocycles. The molecular weight excluding hydrogens is 196 g/mol. The number of aromatic nitrogens is 1. The number of hydrogen-bond acceptors (Lipinski definition) is 4. The Hall–Kier alpha value is -1.49. The number of hydrogen-bond donors (Lipinski definition) is 0. The van der Waals surface area contributed by atoms with Gasteiger partial charge in [0.1, 0.15) is 5.15 Å². The van der Waals surface area contributed by atoms with Crippen molar-refractivity contribution in [1.29, 1.82) is 0 Å². The highest BCUT2D eigenvalue weighted by atomic mass is 35.5. The Morgan fingerprint density at radius 3 is 2.92 bits per heavy atom. The lowest BCUT2D eigenvalue weighted by atomic mass is 10.2. The van der Waals surface area contributed by atoms with E-state index >= 15 is 0 Å². The number of Topliss-reactive ketones (excluding diaryl/α,β-unsaturated/α-hetero) is 1. The van der Waals surface area contributed by atoms with Crippen molar-refractivity contribution in [3.05, 3.63) is 39.2 Å². The molecule has 0 aliphatic rings. The first-order chi connectivity index (χ1) is 6.09. The summed E-state index contributed by atoms with van der Waals surface area (Å²) in [6, 6.07) is 2.69. The van der Waals surface area contributed by atoms with Crippen LogP contribution in [0.25, 0.3) is 0 Å². The van der Waals surface area contributed by atoms with Crippen LogP contribution >= 0.6 is 11.6 Å². The van der Waals surface area contributed by atoms with Crippen LogP contribution in [-0.2, 0) is 0 Å². The third-order valence-electron chi connectivity index (χ3n) is 1.32. The molecule has 13 heavy (non-hydrogen) atoms. The zero-order valence-electron chi connectivity index (χ0n) is 6.44. The predicted molar refractivity (Wildman–Crippen MR) is 45.4 cm³/mol. The van der Waals surface area contributed by atoms with E-state index in [1.54, 1.807) is 0 Å². The molecule has 5 nitrogen and oxygen atoms in total. The summed E-state index contributed by atoms with van der Waals surface area (Å²) in [4.78, 5) is 24.0. The number of halogens is 1. The second-order valence-corrected chi connectivity index (χ2v) is 2.67. The van der Waals surface area contributed by atoms with Crippen LogP contribution in [0.3, 0.4) is 0 Å². The maximum Gasteiger partial charge on any atom is 0.265 e. The van der Waals surface area contributed by atoms with E-state index < -0.39 is 17.3 Å². The van der Waals surface area contributed by atoms with E-state index in [0.717, 1.165) is 0 Å². The van der Waals surface area contributed by atoms with Gasteiger partial charge >= 0.3 is 0 Å². The van der Waals surface area contributed by atoms with Crippen molar-refractivity contribution >= 4 is 17.4 Å². The minimum absolute atomic E-state index is 0.147. The fourth-order valence-corrected chi connectivity index (χ4v) is 0.958. The highest BCUT2D eigenvalue weighted by Gasteiger charge is 2.12. The molecule has 0 spiro atoms. The molecule has 68 valence electrons. The van der Waals surface area contributed by atoms with Crippen molar-refractivity contribution in [3.8, 4) is 0 Å². The molecule has 0 saturated carbocycles. The second-order valence-electron chi connectivity index (χ2n) is 2.28. The van der Waals surface area contributed by atoms with Gasteiger partial charge in [-0.15, -0.1) is 0 Å². The molecular formula is C7H5ClN2O3. The summed E-state index contributed by atoms with van der Waals surface area (Å²) in [5.41, 5.74) is 0.205. The molecule has 0 amide bonds. The molecule has 0 radical (unpaired) electrons. The molecule has 0 atom stereocenters. The Bertz CT molecular complexity index is 353. The lowest BCUT2D eigenvalue weighted by Crippen LogP contribution is -2.13. The van der Waals surface area contributed by atoms with Crippen LogP contribution in [0, 0.1) is 10.1 Å². The van der Waals surface area contributed by atoms with Gasteiger partial charge < -0.3 is 0 Å². The largest absolute Gasteiger partial charge is 0.287 e. The van der Waals surface area contributed by atoms with Gasteiger partial charge in [0.25, 0.3) is 6.54 Å². The first kappa shape index (κ1) is 9.60. The molecule has 1 rings (SSSR count). The van der Waals surface area contributed by atoms with Crippen molar-refractivity contribution in [2.75, 3.05) is 6.54 Å². The highest BCUT2D eigenvalue weighted by molar-refractivity contribution is 6.29. The second kappa shape index (κ2) is 3.95. The van der Waals surface area contributed by atoms with Crippen LogP contribution in [0.1, 0.15) is 10.4 Å². The summed E-state index contributed by atoms with van der Waals surface area (Å²) < 4.78 is 0. The minimum Gasteiger partial charge on any atom is -0.287 e. The molecule has 0 N–H and O–H groups in total. The average Bonchev–Trinajstić information content (AvgIpc) is 2.03. The third-order valence-corrected chi connectivity index (χ3v) is 1.53. The number of nitrogens with zero attached hydrogens (tertiary/aromatic N) is 2. The number of ketones is 1. The summed E-state index contributed by atoms with van der Waals surface area (Å²) in [5.74, 6) is -0.575. The Kier molecular flexibility index (Phi) is 2.92. The number of carbonyl (C=O) groups excluding carboxylic acids is 1. The van der Waals surface area contributed by atoms with Crippen molar-refractivity contribution in [2.24, 2.45) is 0 Å². The molecule has 0 aliphatic heterocycles. The van der Waals surface area contributed by atoms with Crippen LogP contribution in [-0.4, -0.2) is 22.2 Å². The normalized spacial score (nSPS) is 9.62. The van der Waals surface area contributed by atoms with Gasteiger partial charge in [-0.2, -0.15) is 0 Å². The number of nitro groups is 1. The van der Waals surface area contributed by atoms with E-state index in [0.29, 0.717) is 0 Å². The van der Waals surface area contributed by atoms with E-state index in [1.165, 1.54) is 18.3 Å². The summed E-state index contributed by atoms with van der Waals surface area (Å²) in [7, 11) is 0. The quantitative estimate of drug-likeness (QED) is 0.318. The van der Waals surface area contributed by atoms with Gasteiger partial charge in [-0.05, 0) is 12.1 Å². The lowest BCUT2D eigenvalue weighted by Gasteiger charge is -1.95. The minimum atomic E-state index is -0.722. The van der Waals surface area contributed by atoms with E-state index in [1.807, 2.05) is 0 Å². The van der Waals surface area contributed by atoms with Crippen LogP contribution in [0.4, 0.5) is 0 Å². The van der Waals surface area contributed by atoms with Crippen LogP contribution in [0.5, 0.6) is 0 Å². The van der Waals surface area contributed by atoms with E-state index in [2.05, 4.69) is 4.98 Å². The zero-order valence-corrected chi connectivity index (χ0v) is 7.19. The average molecular weight is 201 g/mol. The summed E-state index contributed by atoms with van der Waals surface area (Å²) in [6.07, 6.45) is 1.33. The van der Waals surface area contributed by atoms with Crippen molar-refractivity contribution in [1.82, 2.24) is 4.98 Å². The van der Waals surface area contributed by atoms with Gasteiger partial charge in [0, 0.05) is 16.7 Å². The topological polar surface area (TPSA) is 73.1 Å².